The number of carbonyl (C=O) groups is 6. The van der Waals surface area contributed by atoms with Gasteiger partial charge in [0, 0.05) is 61.4 Å². The van der Waals surface area contributed by atoms with Crippen LogP contribution in [0.3, 0.4) is 0 Å². The van der Waals surface area contributed by atoms with Crippen molar-refractivity contribution in [2.45, 2.75) is 0 Å². The fraction of sp³-hybridized carbons (Fsp3) is 0. The Bertz CT molecular complexity index is 2530. The van der Waals surface area contributed by atoms with Gasteiger partial charge in [-0.2, -0.15) is 0 Å². The van der Waals surface area contributed by atoms with Gasteiger partial charge in [-0.25, -0.2) is 0 Å². The van der Waals surface area contributed by atoms with Crippen LogP contribution in [0.5, 0.6) is 5.75 Å². The number of rotatable bonds is 4. The molecule has 2 amide bonds. The molecule has 0 saturated carbocycles. The molecule has 0 radical (unpaired) electrons. The third kappa shape index (κ3) is 4.80. The minimum Gasteiger partial charge on any atom is -0.507 e. The molecule has 8 rings (SSSR count). The van der Waals surface area contributed by atoms with Crippen LogP contribution in [0.25, 0.3) is 10.8 Å². The van der Waals surface area contributed by atoms with E-state index in [1.165, 1.54) is 42.5 Å². The van der Waals surface area contributed by atoms with Gasteiger partial charge in [0.15, 0.2) is 23.1 Å². The molecular weight excluding hydrogens is 620 g/mol. The highest BCUT2D eigenvalue weighted by Gasteiger charge is 2.31. The molecule has 6 aromatic carbocycles. The van der Waals surface area contributed by atoms with Crippen molar-refractivity contribution in [2.75, 3.05) is 10.6 Å². The predicted molar refractivity (Wildman–Crippen MR) is 181 cm³/mol. The van der Waals surface area contributed by atoms with Gasteiger partial charge in [0.25, 0.3) is 11.8 Å². The zero-order valence-corrected chi connectivity index (χ0v) is 25.4. The van der Waals surface area contributed by atoms with Crippen LogP contribution in [0, 0.1) is 0 Å². The molecule has 234 valence electrons. The van der Waals surface area contributed by atoms with Crippen molar-refractivity contribution in [2.24, 2.45) is 0 Å². The molecule has 0 heterocycles. The zero-order valence-electron chi connectivity index (χ0n) is 25.4. The number of ketones is 4. The average Bonchev–Trinajstić information content (AvgIpc) is 3.12. The number of benzene rings is 6. The number of hydrogen-bond acceptors (Lipinski definition) is 7. The van der Waals surface area contributed by atoms with Crippen molar-refractivity contribution in [3.8, 4) is 5.75 Å². The van der Waals surface area contributed by atoms with Gasteiger partial charge in [-0.15, -0.1) is 0 Å². The first-order valence-corrected chi connectivity index (χ1v) is 15.2. The predicted octanol–water partition coefficient (Wildman–Crippen LogP) is 6.60. The number of aromatic hydroxyl groups is 1. The second kappa shape index (κ2) is 11.1. The SMILES string of the molecule is O=C(Nc1ccc2c(c1)C(=O)c1ccccc1C2=O)c1ccc2cc(O)c(C(=O)Nc3ccc4c(c3)C(=O)c3ccccc3C4=O)cc2c1. The highest BCUT2D eigenvalue weighted by Crippen LogP contribution is 2.32. The van der Waals surface area contributed by atoms with Crippen LogP contribution in [0.2, 0.25) is 0 Å². The van der Waals surface area contributed by atoms with E-state index in [0.29, 0.717) is 33.2 Å². The summed E-state index contributed by atoms with van der Waals surface area (Å²) < 4.78 is 0. The number of hydrogen-bond donors (Lipinski definition) is 3. The topological polar surface area (TPSA) is 147 Å². The molecule has 0 unspecified atom stereocenters. The molecule has 0 saturated heterocycles. The molecule has 0 fully saturated rings. The molecule has 0 atom stereocenters. The molecule has 0 aromatic heterocycles. The molecule has 9 nitrogen and oxygen atoms in total. The number of fused-ring (bicyclic) bond motifs is 5. The number of amides is 2. The van der Waals surface area contributed by atoms with Crippen molar-refractivity contribution in [3.05, 3.63) is 171 Å². The van der Waals surface area contributed by atoms with E-state index in [0.717, 1.165) is 0 Å². The maximum absolute atomic E-state index is 13.3. The molecule has 3 N–H and O–H groups in total. The van der Waals surface area contributed by atoms with E-state index in [1.54, 1.807) is 72.8 Å². The van der Waals surface area contributed by atoms with Crippen LogP contribution in [0.1, 0.15) is 84.4 Å². The monoisotopic (exact) mass is 642 g/mol. The van der Waals surface area contributed by atoms with Gasteiger partial charge in [-0.05, 0) is 71.4 Å². The Hall–Kier alpha value is -7.00. The lowest BCUT2D eigenvalue weighted by molar-refractivity contribution is 0.0979. The fourth-order valence-electron chi connectivity index (χ4n) is 6.36. The summed E-state index contributed by atoms with van der Waals surface area (Å²) >= 11 is 0. The highest BCUT2D eigenvalue weighted by molar-refractivity contribution is 6.29. The molecule has 9 heteroatoms. The normalized spacial score (nSPS) is 12.9. The van der Waals surface area contributed by atoms with Crippen molar-refractivity contribution in [1.82, 2.24) is 0 Å². The quantitative estimate of drug-likeness (QED) is 0.196. The average molecular weight is 643 g/mol. The Labute approximate surface area is 277 Å². The minimum absolute atomic E-state index is 0.0753. The summed E-state index contributed by atoms with van der Waals surface area (Å²) in [5.41, 5.74) is 2.87. The maximum atomic E-state index is 13.3. The van der Waals surface area contributed by atoms with Crippen LogP contribution in [0.4, 0.5) is 11.4 Å². The molecule has 2 aliphatic rings. The lowest BCUT2D eigenvalue weighted by Gasteiger charge is -2.18. The molecule has 0 aliphatic heterocycles. The van der Waals surface area contributed by atoms with Crippen molar-refractivity contribution >= 4 is 57.1 Å². The smallest absolute Gasteiger partial charge is 0.259 e. The summed E-state index contributed by atoms with van der Waals surface area (Å²) in [5.74, 6) is -2.64. The summed E-state index contributed by atoms with van der Waals surface area (Å²) in [6.45, 7) is 0. The first kappa shape index (κ1) is 29.4. The number of nitrogens with one attached hydrogen (secondary N) is 2. The Morgan fingerprint density at radius 1 is 0.429 bits per heavy atom. The summed E-state index contributed by atoms with van der Waals surface area (Å²) in [6, 6.07) is 29.7. The third-order valence-electron chi connectivity index (χ3n) is 8.83. The molecule has 0 bridgehead atoms. The Kier molecular flexibility index (Phi) is 6.64. The van der Waals surface area contributed by atoms with Gasteiger partial charge < -0.3 is 15.7 Å². The van der Waals surface area contributed by atoms with Gasteiger partial charge in [-0.3, -0.25) is 28.8 Å². The van der Waals surface area contributed by atoms with Crippen LogP contribution < -0.4 is 10.6 Å². The van der Waals surface area contributed by atoms with Gasteiger partial charge in [0.05, 0.1) is 5.56 Å². The summed E-state index contributed by atoms with van der Waals surface area (Å²) in [7, 11) is 0. The van der Waals surface area contributed by atoms with Crippen LogP contribution in [0.15, 0.2) is 115 Å². The van der Waals surface area contributed by atoms with Crippen molar-refractivity contribution in [3.63, 3.8) is 0 Å². The summed E-state index contributed by atoms with van der Waals surface area (Å²) in [4.78, 5) is 78.8. The van der Waals surface area contributed by atoms with E-state index < -0.39 is 11.8 Å². The number of phenolic OH excluding ortho intramolecular Hbond substituents is 1. The van der Waals surface area contributed by atoms with E-state index in [9.17, 15) is 33.9 Å². The highest BCUT2D eigenvalue weighted by atomic mass is 16.3. The number of carbonyl (C=O) groups excluding carboxylic acids is 6. The molecular formula is C40H22N2O7. The number of phenols is 1. The maximum Gasteiger partial charge on any atom is 0.259 e. The second-order valence-corrected chi connectivity index (χ2v) is 11.8. The lowest BCUT2D eigenvalue weighted by Crippen LogP contribution is -2.21. The van der Waals surface area contributed by atoms with Crippen LogP contribution >= 0.6 is 0 Å². The minimum atomic E-state index is -0.668. The largest absolute Gasteiger partial charge is 0.507 e. The van der Waals surface area contributed by atoms with Gasteiger partial charge in [0.1, 0.15) is 5.75 Å². The second-order valence-electron chi connectivity index (χ2n) is 11.8. The Balaban J connectivity index is 1.04. The van der Waals surface area contributed by atoms with Crippen LogP contribution in [-0.4, -0.2) is 40.1 Å². The van der Waals surface area contributed by atoms with Gasteiger partial charge in [0.2, 0.25) is 0 Å². The number of anilines is 2. The van der Waals surface area contributed by atoms with Crippen molar-refractivity contribution in [1.29, 1.82) is 0 Å². The first-order valence-electron chi connectivity index (χ1n) is 15.2. The standard InChI is InChI=1S/C40H22N2O7/c43-34-17-20-9-10-21(39(48)41-23-11-13-29-31(18-23)37(46)27-7-3-1-5-25(27)35(29)44)15-22(20)16-33(34)40(49)42-24-12-14-30-32(19-24)38(47)28-8-4-2-6-26(28)36(30)45/h1-19,43H,(H,41,48)(H,42,49). The Morgan fingerprint density at radius 2 is 0.878 bits per heavy atom. The summed E-state index contributed by atoms with van der Waals surface area (Å²) in [5, 5.41) is 17.2. The third-order valence-corrected chi connectivity index (χ3v) is 8.83. The molecule has 49 heavy (non-hydrogen) atoms. The summed E-state index contributed by atoms with van der Waals surface area (Å²) in [6.07, 6.45) is 0. The van der Waals surface area contributed by atoms with E-state index in [-0.39, 0.29) is 73.5 Å². The van der Waals surface area contributed by atoms with Crippen molar-refractivity contribution < 1.29 is 33.9 Å². The van der Waals surface area contributed by atoms with Gasteiger partial charge >= 0.3 is 0 Å². The zero-order chi connectivity index (χ0) is 34.0. The van der Waals surface area contributed by atoms with Gasteiger partial charge in [-0.1, -0.05) is 54.6 Å². The first-order chi connectivity index (χ1) is 23.7. The fourth-order valence-corrected chi connectivity index (χ4v) is 6.36. The van der Waals surface area contributed by atoms with E-state index in [1.807, 2.05) is 0 Å². The van der Waals surface area contributed by atoms with E-state index in [4.69, 9.17) is 0 Å². The Morgan fingerprint density at radius 3 is 1.39 bits per heavy atom. The van der Waals surface area contributed by atoms with Crippen LogP contribution in [-0.2, 0) is 0 Å². The van der Waals surface area contributed by atoms with E-state index in [2.05, 4.69) is 10.6 Å². The molecule has 0 spiro atoms. The molecule has 2 aliphatic carbocycles. The van der Waals surface area contributed by atoms with E-state index >= 15 is 0 Å². The molecule has 6 aromatic rings. The lowest BCUT2D eigenvalue weighted by atomic mass is 9.84.